The maximum atomic E-state index is 13.4. The highest BCUT2D eigenvalue weighted by Gasteiger charge is 2.56. The first kappa shape index (κ1) is 12.4. The molecule has 2 aliphatic carbocycles. The average molecular weight is 315 g/mol. The second-order valence-electron chi connectivity index (χ2n) is 5.29. The SMILES string of the molecule is COc1cc(F)c(Br)cc1C(O)C1C2CCCC21. The Morgan fingerprint density at radius 2 is 2.06 bits per heavy atom. The van der Waals surface area contributed by atoms with Crippen LogP contribution in [0.4, 0.5) is 4.39 Å². The summed E-state index contributed by atoms with van der Waals surface area (Å²) in [6.07, 6.45) is 3.18. The maximum Gasteiger partial charge on any atom is 0.141 e. The highest BCUT2D eigenvalue weighted by Crippen LogP contribution is 2.62. The molecule has 4 heteroatoms. The van der Waals surface area contributed by atoms with Crippen molar-refractivity contribution in [1.29, 1.82) is 0 Å². The zero-order valence-corrected chi connectivity index (χ0v) is 11.8. The Bertz CT molecular complexity index is 467. The first-order chi connectivity index (χ1) is 8.63. The Kier molecular flexibility index (Phi) is 3.10. The number of hydrogen-bond donors (Lipinski definition) is 1. The molecule has 3 atom stereocenters. The van der Waals surface area contributed by atoms with Crippen LogP contribution in [-0.4, -0.2) is 12.2 Å². The van der Waals surface area contributed by atoms with Crippen molar-refractivity contribution in [3.8, 4) is 5.75 Å². The number of aliphatic hydroxyl groups excluding tert-OH is 1. The van der Waals surface area contributed by atoms with Crippen LogP contribution in [0, 0.1) is 23.6 Å². The van der Waals surface area contributed by atoms with Crippen LogP contribution in [0.25, 0.3) is 0 Å². The van der Waals surface area contributed by atoms with E-state index in [-0.39, 0.29) is 5.82 Å². The van der Waals surface area contributed by atoms with Gasteiger partial charge in [-0.1, -0.05) is 6.42 Å². The molecular weight excluding hydrogens is 299 g/mol. The first-order valence-corrected chi connectivity index (χ1v) is 7.13. The van der Waals surface area contributed by atoms with Gasteiger partial charge >= 0.3 is 0 Å². The van der Waals surface area contributed by atoms with Gasteiger partial charge in [-0.3, -0.25) is 0 Å². The molecule has 1 N–H and O–H groups in total. The third-order valence-electron chi connectivity index (χ3n) is 4.43. The average Bonchev–Trinajstić information content (AvgIpc) is 2.84. The summed E-state index contributed by atoms with van der Waals surface area (Å²) in [5, 5.41) is 10.5. The first-order valence-electron chi connectivity index (χ1n) is 6.34. The van der Waals surface area contributed by atoms with Crippen molar-refractivity contribution in [1.82, 2.24) is 0 Å². The lowest BCUT2D eigenvalue weighted by Gasteiger charge is -2.17. The van der Waals surface area contributed by atoms with Crippen molar-refractivity contribution in [2.75, 3.05) is 7.11 Å². The molecule has 18 heavy (non-hydrogen) atoms. The summed E-state index contributed by atoms with van der Waals surface area (Å²) in [6, 6.07) is 2.98. The van der Waals surface area contributed by atoms with E-state index in [1.807, 2.05) is 0 Å². The van der Waals surface area contributed by atoms with Gasteiger partial charge in [-0.2, -0.15) is 0 Å². The third-order valence-corrected chi connectivity index (χ3v) is 5.04. The standard InChI is InChI=1S/C14H16BrFO2/c1-18-12-6-11(16)10(15)5-9(12)14(17)13-7-3-2-4-8(7)13/h5-8,13-14,17H,2-4H2,1H3. The summed E-state index contributed by atoms with van der Waals surface area (Å²) in [7, 11) is 1.51. The van der Waals surface area contributed by atoms with Crippen molar-refractivity contribution < 1.29 is 14.2 Å². The number of hydrogen-bond acceptors (Lipinski definition) is 2. The van der Waals surface area contributed by atoms with Gasteiger partial charge in [0.2, 0.25) is 0 Å². The minimum atomic E-state index is -0.535. The molecule has 0 spiro atoms. The van der Waals surface area contributed by atoms with Crippen LogP contribution < -0.4 is 4.74 Å². The lowest BCUT2D eigenvalue weighted by Crippen LogP contribution is -2.07. The van der Waals surface area contributed by atoms with Crippen LogP contribution >= 0.6 is 15.9 Å². The van der Waals surface area contributed by atoms with Crippen LogP contribution in [0.2, 0.25) is 0 Å². The zero-order valence-electron chi connectivity index (χ0n) is 10.2. The Labute approximate surface area is 114 Å². The van der Waals surface area contributed by atoms with Crippen LogP contribution in [0.3, 0.4) is 0 Å². The van der Waals surface area contributed by atoms with Crippen molar-refractivity contribution in [3.05, 3.63) is 28.0 Å². The number of methoxy groups -OCH3 is 1. The van der Waals surface area contributed by atoms with E-state index in [4.69, 9.17) is 4.74 Å². The third kappa shape index (κ3) is 1.86. The number of halogens is 2. The molecular formula is C14H16BrFO2. The summed E-state index contributed by atoms with van der Waals surface area (Å²) in [5.41, 5.74) is 0.699. The fourth-order valence-corrected chi connectivity index (χ4v) is 3.87. The summed E-state index contributed by atoms with van der Waals surface area (Å²) < 4.78 is 19.0. The molecule has 1 aromatic carbocycles. The van der Waals surface area contributed by atoms with Crippen LogP contribution in [0.15, 0.2) is 16.6 Å². The molecule has 0 saturated heterocycles. The largest absolute Gasteiger partial charge is 0.496 e. The summed E-state index contributed by atoms with van der Waals surface area (Å²) in [4.78, 5) is 0. The number of benzene rings is 1. The molecule has 0 radical (unpaired) electrons. The number of aliphatic hydroxyl groups is 1. The van der Waals surface area contributed by atoms with E-state index in [2.05, 4.69) is 15.9 Å². The zero-order chi connectivity index (χ0) is 12.9. The van der Waals surface area contributed by atoms with Crippen molar-refractivity contribution in [2.24, 2.45) is 17.8 Å². The minimum absolute atomic E-state index is 0.338. The van der Waals surface area contributed by atoms with E-state index < -0.39 is 6.10 Å². The second kappa shape index (κ2) is 4.49. The molecule has 0 heterocycles. The molecule has 0 amide bonds. The van der Waals surface area contributed by atoms with Gasteiger partial charge in [-0.15, -0.1) is 0 Å². The van der Waals surface area contributed by atoms with Gasteiger partial charge in [0, 0.05) is 11.6 Å². The predicted molar refractivity (Wildman–Crippen MR) is 69.9 cm³/mol. The number of ether oxygens (including phenoxy) is 1. The number of fused-ring (bicyclic) bond motifs is 1. The fraction of sp³-hybridized carbons (Fsp3) is 0.571. The van der Waals surface area contributed by atoms with Crippen LogP contribution in [0.1, 0.15) is 30.9 Å². The Morgan fingerprint density at radius 1 is 1.39 bits per heavy atom. The van der Waals surface area contributed by atoms with E-state index >= 15 is 0 Å². The highest BCUT2D eigenvalue weighted by atomic mass is 79.9. The van der Waals surface area contributed by atoms with Gasteiger partial charge in [0.25, 0.3) is 0 Å². The smallest absolute Gasteiger partial charge is 0.141 e. The van der Waals surface area contributed by atoms with Gasteiger partial charge in [-0.25, -0.2) is 4.39 Å². The molecule has 2 fully saturated rings. The molecule has 0 bridgehead atoms. The fourth-order valence-electron chi connectivity index (χ4n) is 3.50. The topological polar surface area (TPSA) is 29.5 Å². The van der Waals surface area contributed by atoms with E-state index in [0.717, 1.165) is 0 Å². The Balaban J connectivity index is 1.89. The molecule has 2 aliphatic rings. The second-order valence-corrected chi connectivity index (χ2v) is 6.14. The van der Waals surface area contributed by atoms with Crippen LogP contribution in [0.5, 0.6) is 5.75 Å². The quantitative estimate of drug-likeness (QED) is 0.922. The van der Waals surface area contributed by atoms with Crippen molar-refractivity contribution in [2.45, 2.75) is 25.4 Å². The lowest BCUT2D eigenvalue weighted by molar-refractivity contribution is 0.133. The molecule has 98 valence electrons. The molecule has 0 aromatic heterocycles. The summed E-state index contributed by atoms with van der Waals surface area (Å²) >= 11 is 3.17. The number of rotatable bonds is 3. The van der Waals surface area contributed by atoms with Gasteiger partial charge in [0.1, 0.15) is 11.6 Å². The lowest BCUT2D eigenvalue weighted by atomic mass is 9.99. The summed E-state index contributed by atoms with van der Waals surface area (Å²) in [5.74, 6) is 1.74. The molecule has 2 nitrogen and oxygen atoms in total. The Hall–Kier alpha value is -0.610. The maximum absolute atomic E-state index is 13.4. The molecule has 1 aromatic rings. The minimum Gasteiger partial charge on any atom is -0.496 e. The molecule has 3 unspecified atom stereocenters. The molecule has 0 aliphatic heterocycles. The molecule has 2 saturated carbocycles. The predicted octanol–water partition coefficient (Wildman–Crippen LogP) is 3.68. The van der Waals surface area contributed by atoms with E-state index in [0.29, 0.717) is 33.5 Å². The van der Waals surface area contributed by atoms with E-state index in [1.54, 1.807) is 6.07 Å². The van der Waals surface area contributed by atoms with Gasteiger partial charge in [0.05, 0.1) is 17.7 Å². The van der Waals surface area contributed by atoms with Crippen molar-refractivity contribution in [3.63, 3.8) is 0 Å². The highest BCUT2D eigenvalue weighted by molar-refractivity contribution is 9.10. The normalized spacial score (nSPS) is 31.0. The monoisotopic (exact) mass is 314 g/mol. The van der Waals surface area contributed by atoms with Gasteiger partial charge < -0.3 is 9.84 Å². The van der Waals surface area contributed by atoms with Crippen molar-refractivity contribution >= 4 is 15.9 Å². The van der Waals surface area contributed by atoms with E-state index in [9.17, 15) is 9.50 Å². The molecule has 3 rings (SSSR count). The Morgan fingerprint density at radius 3 is 2.67 bits per heavy atom. The summed E-state index contributed by atoms with van der Waals surface area (Å²) in [6.45, 7) is 0. The van der Waals surface area contributed by atoms with Gasteiger partial charge in [0.15, 0.2) is 0 Å². The van der Waals surface area contributed by atoms with Gasteiger partial charge in [-0.05, 0) is 52.6 Å². The van der Waals surface area contributed by atoms with Crippen LogP contribution in [-0.2, 0) is 0 Å². The van der Waals surface area contributed by atoms with E-state index in [1.165, 1.54) is 32.4 Å².